The summed E-state index contributed by atoms with van der Waals surface area (Å²) in [7, 11) is -3.40. The van der Waals surface area contributed by atoms with Gasteiger partial charge in [0.2, 0.25) is 5.91 Å². The van der Waals surface area contributed by atoms with Crippen LogP contribution in [0.4, 0.5) is 0 Å². The molecule has 1 aromatic carbocycles. The zero-order valence-electron chi connectivity index (χ0n) is 10.6. The molecule has 0 atom stereocenters. The molecule has 1 amide bonds. The molecular formula is C13H17NO4S. The Kier molecular flexibility index (Phi) is 4.55. The topological polar surface area (TPSA) is 63.7 Å². The van der Waals surface area contributed by atoms with E-state index >= 15 is 0 Å². The maximum Gasteiger partial charge on any atom is 0.247 e. The molecule has 0 N–H and O–H groups in total. The fourth-order valence-corrected chi connectivity index (χ4v) is 3.14. The van der Waals surface area contributed by atoms with Crippen molar-refractivity contribution in [3.05, 3.63) is 30.3 Å². The highest BCUT2D eigenvalue weighted by Crippen LogP contribution is 2.13. The van der Waals surface area contributed by atoms with E-state index in [1.807, 2.05) is 0 Å². The first-order valence-corrected chi connectivity index (χ1v) is 7.96. The molecule has 0 unspecified atom stereocenters. The van der Waals surface area contributed by atoms with Gasteiger partial charge in [-0.3, -0.25) is 9.63 Å². The van der Waals surface area contributed by atoms with Gasteiger partial charge in [0, 0.05) is 13.0 Å². The number of hydrogen-bond donors (Lipinski definition) is 0. The van der Waals surface area contributed by atoms with Gasteiger partial charge in [-0.05, 0) is 25.0 Å². The summed E-state index contributed by atoms with van der Waals surface area (Å²) < 4.78 is 24.0. The molecule has 1 aromatic rings. The molecule has 5 nitrogen and oxygen atoms in total. The Morgan fingerprint density at radius 3 is 2.58 bits per heavy atom. The van der Waals surface area contributed by atoms with Crippen molar-refractivity contribution in [2.24, 2.45) is 0 Å². The van der Waals surface area contributed by atoms with Crippen molar-refractivity contribution in [1.29, 1.82) is 0 Å². The van der Waals surface area contributed by atoms with E-state index in [0.717, 1.165) is 12.8 Å². The smallest absolute Gasteiger partial charge is 0.247 e. The van der Waals surface area contributed by atoms with Gasteiger partial charge in [-0.1, -0.05) is 18.2 Å². The van der Waals surface area contributed by atoms with Gasteiger partial charge in [0.1, 0.15) is 0 Å². The summed E-state index contributed by atoms with van der Waals surface area (Å²) >= 11 is 0. The van der Waals surface area contributed by atoms with E-state index in [0.29, 0.717) is 13.2 Å². The van der Waals surface area contributed by atoms with E-state index in [2.05, 4.69) is 0 Å². The van der Waals surface area contributed by atoms with Crippen molar-refractivity contribution in [3.8, 4) is 0 Å². The molecule has 1 saturated heterocycles. The molecule has 1 fully saturated rings. The van der Waals surface area contributed by atoms with Crippen LogP contribution in [0.3, 0.4) is 0 Å². The van der Waals surface area contributed by atoms with Crippen molar-refractivity contribution in [1.82, 2.24) is 5.06 Å². The molecule has 104 valence electrons. The van der Waals surface area contributed by atoms with Crippen LogP contribution in [-0.2, 0) is 19.5 Å². The average Bonchev–Trinajstić information content (AvgIpc) is 2.47. The summed E-state index contributed by atoms with van der Waals surface area (Å²) in [5.41, 5.74) is 0. The lowest BCUT2D eigenvalue weighted by atomic mass is 10.3. The van der Waals surface area contributed by atoms with Gasteiger partial charge >= 0.3 is 0 Å². The van der Waals surface area contributed by atoms with Crippen LogP contribution < -0.4 is 0 Å². The first-order chi connectivity index (χ1) is 9.09. The maximum absolute atomic E-state index is 12.0. The second-order valence-electron chi connectivity index (χ2n) is 4.42. The van der Waals surface area contributed by atoms with E-state index in [1.54, 1.807) is 18.2 Å². The van der Waals surface area contributed by atoms with Gasteiger partial charge in [0.15, 0.2) is 9.84 Å². The first-order valence-electron chi connectivity index (χ1n) is 6.31. The van der Waals surface area contributed by atoms with Crippen LogP contribution >= 0.6 is 0 Å². The molecule has 0 spiro atoms. The summed E-state index contributed by atoms with van der Waals surface area (Å²) in [6, 6.07) is 8.17. The number of sulfone groups is 1. The molecule has 19 heavy (non-hydrogen) atoms. The molecule has 0 saturated carbocycles. The molecule has 0 aliphatic carbocycles. The summed E-state index contributed by atoms with van der Waals surface area (Å²) in [5.74, 6) is -0.449. The number of carbonyl (C=O) groups is 1. The number of amides is 1. The number of rotatable bonds is 4. The van der Waals surface area contributed by atoms with E-state index < -0.39 is 9.84 Å². The lowest BCUT2D eigenvalue weighted by molar-refractivity contribution is -0.196. The first kappa shape index (κ1) is 14.0. The fourth-order valence-electron chi connectivity index (χ4n) is 1.89. The van der Waals surface area contributed by atoms with Gasteiger partial charge in [0.25, 0.3) is 0 Å². The van der Waals surface area contributed by atoms with E-state index in [-0.39, 0.29) is 23.0 Å². The third-order valence-corrected chi connectivity index (χ3v) is 4.70. The van der Waals surface area contributed by atoms with Crippen molar-refractivity contribution < 1.29 is 18.0 Å². The minimum Gasteiger partial charge on any atom is -0.273 e. The number of hydrogen-bond acceptors (Lipinski definition) is 4. The van der Waals surface area contributed by atoms with Crippen LogP contribution in [0.5, 0.6) is 0 Å². The Bertz CT molecular complexity index is 521. The highest BCUT2D eigenvalue weighted by molar-refractivity contribution is 7.91. The molecule has 2 rings (SSSR count). The van der Waals surface area contributed by atoms with Crippen molar-refractivity contribution >= 4 is 15.7 Å². The lowest BCUT2D eigenvalue weighted by Gasteiger charge is -2.25. The predicted octanol–water partition coefficient (Wildman–Crippen LogP) is 1.40. The molecule has 0 radical (unpaired) electrons. The van der Waals surface area contributed by atoms with Crippen LogP contribution in [0.2, 0.25) is 0 Å². The minimum atomic E-state index is -3.40. The quantitative estimate of drug-likeness (QED) is 0.838. The summed E-state index contributed by atoms with van der Waals surface area (Å²) in [4.78, 5) is 17.3. The van der Waals surface area contributed by atoms with Gasteiger partial charge in [-0.25, -0.2) is 13.5 Å². The second kappa shape index (κ2) is 6.16. The summed E-state index contributed by atoms with van der Waals surface area (Å²) in [6.07, 6.45) is 1.79. The normalized spacial score (nSPS) is 16.3. The number of hydroxylamine groups is 2. The highest BCUT2D eigenvalue weighted by Gasteiger charge is 2.21. The lowest BCUT2D eigenvalue weighted by Crippen LogP contribution is -2.36. The molecule has 0 aromatic heterocycles. The zero-order chi connectivity index (χ0) is 13.7. The van der Waals surface area contributed by atoms with Gasteiger partial charge in [-0.2, -0.15) is 0 Å². The van der Waals surface area contributed by atoms with E-state index in [4.69, 9.17) is 4.84 Å². The fraction of sp³-hybridized carbons (Fsp3) is 0.462. The van der Waals surface area contributed by atoms with Gasteiger partial charge in [0.05, 0.1) is 17.3 Å². The standard InChI is InChI=1S/C13H17NO4S/c15-13(14-9-4-5-10-18-14)8-11-19(16,17)12-6-2-1-3-7-12/h1-3,6-7H,4-5,8-11H2. The molecule has 1 aliphatic rings. The second-order valence-corrected chi connectivity index (χ2v) is 6.53. The van der Waals surface area contributed by atoms with E-state index in [9.17, 15) is 13.2 Å². The molecule has 1 aliphatic heterocycles. The van der Waals surface area contributed by atoms with Crippen molar-refractivity contribution in [2.45, 2.75) is 24.2 Å². The Hall–Kier alpha value is -1.40. The zero-order valence-corrected chi connectivity index (χ0v) is 11.4. The van der Waals surface area contributed by atoms with Crippen molar-refractivity contribution in [2.75, 3.05) is 18.9 Å². The van der Waals surface area contributed by atoms with Gasteiger partial charge in [-0.15, -0.1) is 0 Å². The van der Waals surface area contributed by atoms with E-state index in [1.165, 1.54) is 17.2 Å². The number of nitrogens with zero attached hydrogens (tertiary/aromatic N) is 1. The Balaban J connectivity index is 1.93. The van der Waals surface area contributed by atoms with Crippen LogP contribution in [0.25, 0.3) is 0 Å². The highest BCUT2D eigenvalue weighted by atomic mass is 32.2. The van der Waals surface area contributed by atoms with Crippen LogP contribution in [0.1, 0.15) is 19.3 Å². The number of benzene rings is 1. The third-order valence-electron chi connectivity index (χ3n) is 2.97. The average molecular weight is 283 g/mol. The Labute approximate surface area is 113 Å². The Morgan fingerprint density at radius 2 is 1.95 bits per heavy atom. The minimum absolute atomic E-state index is 0.0444. The molecule has 0 bridgehead atoms. The number of carbonyl (C=O) groups excluding carboxylic acids is 1. The van der Waals surface area contributed by atoms with Crippen molar-refractivity contribution in [3.63, 3.8) is 0 Å². The summed E-state index contributed by atoms with van der Waals surface area (Å²) in [5, 5.41) is 1.28. The van der Waals surface area contributed by atoms with Crippen LogP contribution in [0, 0.1) is 0 Å². The molecular weight excluding hydrogens is 266 g/mol. The largest absolute Gasteiger partial charge is 0.273 e. The van der Waals surface area contributed by atoms with Gasteiger partial charge < -0.3 is 0 Å². The monoisotopic (exact) mass is 283 g/mol. The van der Waals surface area contributed by atoms with Crippen LogP contribution in [0.15, 0.2) is 35.2 Å². The van der Waals surface area contributed by atoms with Crippen LogP contribution in [-0.4, -0.2) is 38.3 Å². The maximum atomic E-state index is 12.0. The molecule has 6 heteroatoms. The molecule has 1 heterocycles. The summed E-state index contributed by atoms with van der Waals surface area (Å²) in [6.45, 7) is 1.07. The third kappa shape index (κ3) is 3.78. The Morgan fingerprint density at radius 1 is 1.21 bits per heavy atom. The SMILES string of the molecule is O=C(CCS(=O)(=O)c1ccccc1)N1CCCCO1. The predicted molar refractivity (Wildman–Crippen MR) is 70.0 cm³/mol.